The number of imidazole rings is 1. The number of carboxylic acid groups (broad SMARTS) is 1. The van der Waals surface area contributed by atoms with Gasteiger partial charge in [-0.3, -0.25) is 4.79 Å². The van der Waals surface area contributed by atoms with Crippen LogP contribution in [0.25, 0.3) is 5.65 Å². The molecular weight excluding hydrogens is 246 g/mol. The van der Waals surface area contributed by atoms with Crippen LogP contribution in [0, 0.1) is 0 Å². The molecule has 0 saturated carbocycles. The summed E-state index contributed by atoms with van der Waals surface area (Å²) in [5, 5.41) is 9.10. The molecule has 3 heterocycles. The summed E-state index contributed by atoms with van der Waals surface area (Å²) >= 11 is 0. The molecule has 1 fully saturated rings. The van der Waals surface area contributed by atoms with Crippen molar-refractivity contribution in [3.8, 4) is 0 Å². The lowest BCUT2D eigenvalue weighted by molar-refractivity contribution is -0.146. The zero-order chi connectivity index (χ0) is 13.4. The Morgan fingerprint density at radius 3 is 3.05 bits per heavy atom. The number of hydrogen-bond acceptors (Lipinski definition) is 3. The van der Waals surface area contributed by atoms with Crippen LogP contribution in [-0.2, 0) is 16.1 Å². The lowest BCUT2D eigenvalue weighted by Gasteiger charge is -2.20. The van der Waals surface area contributed by atoms with Crippen LogP contribution in [-0.4, -0.2) is 37.3 Å². The Balaban J connectivity index is 1.87. The van der Waals surface area contributed by atoms with Crippen molar-refractivity contribution in [3.63, 3.8) is 0 Å². The van der Waals surface area contributed by atoms with E-state index in [1.165, 1.54) is 4.90 Å². The number of fused-ring (bicyclic) bond motifs is 1. The first kappa shape index (κ1) is 11.7. The Hall–Kier alpha value is -2.37. The van der Waals surface area contributed by atoms with E-state index < -0.39 is 12.0 Å². The molecule has 0 radical (unpaired) electrons. The fraction of sp³-hybridized carbons (Fsp3) is 0.308. The van der Waals surface area contributed by atoms with Crippen LogP contribution in [0.15, 0.2) is 30.6 Å². The van der Waals surface area contributed by atoms with Crippen molar-refractivity contribution in [2.24, 2.45) is 0 Å². The predicted molar refractivity (Wildman–Crippen MR) is 66.4 cm³/mol. The Bertz CT molecular complexity index is 616. The molecule has 1 N–H and O–H groups in total. The molecule has 0 aromatic carbocycles. The summed E-state index contributed by atoms with van der Waals surface area (Å²) in [5.74, 6) is -1.07. The van der Waals surface area contributed by atoms with Crippen molar-refractivity contribution in [1.82, 2.24) is 14.3 Å². The van der Waals surface area contributed by atoms with Gasteiger partial charge in [-0.1, -0.05) is 6.07 Å². The quantitative estimate of drug-likeness (QED) is 0.889. The van der Waals surface area contributed by atoms with E-state index in [1.54, 1.807) is 0 Å². The molecule has 2 aromatic heterocycles. The average Bonchev–Trinajstić information content (AvgIpc) is 2.94. The zero-order valence-electron chi connectivity index (χ0n) is 10.2. The third-order valence-corrected chi connectivity index (χ3v) is 3.36. The van der Waals surface area contributed by atoms with Gasteiger partial charge in [0.1, 0.15) is 11.7 Å². The molecule has 0 spiro atoms. The van der Waals surface area contributed by atoms with E-state index in [9.17, 15) is 9.59 Å². The molecule has 1 unspecified atom stereocenters. The second-order valence-electron chi connectivity index (χ2n) is 4.61. The fourth-order valence-electron chi connectivity index (χ4n) is 2.43. The first-order chi connectivity index (χ1) is 9.15. The molecule has 2 aromatic rings. The van der Waals surface area contributed by atoms with E-state index in [1.807, 2.05) is 35.0 Å². The molecule has 1 aliphatic rings. The minimum atomic E-state index is -0.949. The number of amides is 1. The number of carboxylic acids is 1. The highest BCUT2D eigenvalue weighted by molar-refractivity contribution is 5.87. The number of rotatable bonds is 3. The largest absolute Gasteiger partial charge is 0.480 e. The third kappa shape index (κ3) is 2.05. The van der Waals surface area contributed by atoms with E-state index in [2.05, 4.69) is 4.98 Å². The van der Waals surface area contributed by atoms with Crippen LogP contribution >= 0.6 is 0 Å². The Morgan fingerprint density at radius 1 is 1.47 bits per heavy atom. The van der Waals surface area contributed by atoms with Gasteiger partial charge in [-0.25, -0.2) is 9.78 Å². The number of aromatic nitrogens is 2. The topological polar surface area (TPSA) is 74.9 Å². The van der Waals surface area contributed by atoms with Gasteiger partial charge in [0.25, 0.3) is 0 Å². The molecule has 1 aliphatic heterocycles. The number of carbonyl (C=O) groups is 2. The fourth-order valence-corrected chi connectivity index (χ4v) is 2.43. The molecule has 98 valence electrons. The van der Waals surface area contributed by atoms with Gasteiger partial charge < -0.3 is 14.4 Å². The van der Waals surface area contributed by atoms with E-state index in [-0.39, 0.29) is 12.5 Å². The summed E-state index contributed by atoms with van der Waals surface area (Å²) in [6, 6.07) is 4.91. The maximum absolute atomic E-state index is 11.7. The van der Waals surface area contributed by atoms with Gasteiger partial charge in [0.15, 0.2) is 0 Å². The molecule has 6 heteroatoms. The lowest BCUT2D eigenvalue weighted by atomic mass is 10.2. The predicted octanol–water partition coefficient (Wildman–Crippen LogP) is 0.910. The Kier molecular flexibility index (Phi) is 2.70. The van der Waals surface area contributed by atoms with Crippen molar-refractivity contribution in [1.29, 1.82) is 0 Å². The molecule has 1 amide bonds. The second kappa shape index (κ2) is 4.38. The van der Waals surface area contributed by atoms with Gasteiger partial charge in [-0.05, 0) is 18.6 Å². The standard InChI is InChI=1S/C13H13N3O3/c17-12-5-4-10(13(18)19)16(12)8-9-7-15-6-2-1-3-11(15)14-9/h1-3,6-7,10H,4-5,8H2,(H,18,19). The second-order valence-corrected chi connectivity index (χ2v) is 4.61. The minimum absolute atomic E-state index is 0.121. The van der Waals surface area contributed by atoms with Crippen molar-refractivity contribution in [3.05, 3.63) is 36.3 Å². The maximum atomic E-state index is 11.7. The highest BCUT2D eigenvalue weighted by Gasteiger charge is 2.36. The van der Waals surface area contributed by atoms with Crippen molar-refractivity contribution < 1.29 is 14.7 Å². The molecular formula is C13H13N3O3. The van der Waals surface area contributed by atoms with E-state index in [0.29, 0.717) is 18.5 Å². The summed E-state index contributed by atoms with van der Waals surface area (Å²) in [5.41, 5.74) is 1.49. The molecule has 1 saturated heterocycles. The van der Waals surface area contributed by atoms with Gasteiger partial charge in [-0.2, -0.15) is 0 Å². The van der Waals surface area contributed by atoms with E-state index in [0.717, 1.165) is 5.65 Å². The normalized spacial score (nSPS) is 19.3. The van der Waals surface area contributed by atoms with Crippen LogP contribution in [0.3, 0.4) is 0 Å². The molecule has 1 atom stereocenters. The van der Waals surface area contributed by atoms with Gasteiger partial charge in [-0.15, -0.1) is 0 Å². The summed E-state index contributed by atoms with van der Waals surface area (Å²) in [6.07, 6.45) is 4.36. The number of nitrogens with zero attached hydrogens (tertiary/aromatic N) is 3. The molecule has 6 nitrogen and oxygen atoms in total. The third-order valence-electron chi connectivity index (χ3n) is 3.36. The van der Waals surface area contributed by atoms with Crippen LogP contribution < -0.4 is 0 Å². The van der Waals surface area contributed by atoms with Crippen LogP contribution in [0.5, 0.6) is 0 Å². The average molecular weight is 259 g/mol. The zero-order valence-corrected chi connectivity index (χ0v) is 10.2. The number of pyridine rings is 1. The SMILES string of the molecule is O=C(O)C1CCC(=O)N1Cc1cn2ccccc2n1. The maximum Gasteiger partial charge on any atom is 0.326 e. The smallest absolute Gasteiger partial charge is 0.326 e. The van der Waals surface area contributed by atoms with Crippen molar-refractivity contribution >= 4 is 17.5 Å². The van der Waals surface area contributed by atoms with E-state index >= 15 is 0 Å². The molecule has 19 heavy (non-hydrogen) atoms. The summed E-state index contributed by atoms with van der Waals surface area (Å²) in [6.45, 7) is 0.247. The van der Waals surface area contributed by atoms with Gasteiger partial charge >= 0.3 is 5.97 Å². The highest BCUT2D eigenvalue weighted by atomic mass is 16.4. The van der Waals surface area contributed by atoms with Crippen molar-refractivity contribution in [2.75, 3.05) is 0 Å². The van der Waals surface area contributed by atoms with Crippen LogP contribution in [0.4, 0.5) is 0 Å². The molecule has 0 bridgehead atoms. The molecule has 0 aliphatic carbocycles. The monoisotopic (exact) mass is 259 g/mol. The summed E-state index contributed by atoms with van der Waals surface area (Å²) < 4.78 is 1.85. The number of carbonyl (C=O) groups excluding carboxylic acids is 1. The summed E-state index contributed by atoms with van der Waals surface area (Å²) in [4.78, 5) is 28.6. The first-order valence-corrected chi connectivity index (χ1v) is 6.10. The van der Waals surface area contributed by atoms with E-state index in [4.69, 9.17) is 5.11 Å². The minimum Gasteiger partial charge on any atom is -0.480 e. The number of hydrogen-bond donors (Lipinski definition) is 1. The van der Waals surface area contributed by atoms with Crippen LogP contribution in [0.1, 0.15) is 18.5 Å². The van der Waals surface area contributed by atoms with Gasteiger partial charge in [0, 0.05) is 18.8 Å². The number of aliphatic carboxylic acids is 1. The Morgan fingerprint density at radius 2 is 2.32 bits per heavy atom. The first-order valence-electron chi connectivity index (χ1n) is 6.10. The molecule has 3 rings (SSSR count). The Labute approximate surface area is 109 Å². The summed E-state index contributed by atoms with van der Waals surface area (Å²) in [7, 11) is 0. The lowest BCUT2D eigenvalue weighted by Crippen LogP contribution is -2.37. The number of likely N-dealkylation sites (tertiary alicyclic amines) is 1. The van der Waals surface area contributed by atoms with Crippen LogP contribution in [0.2, 0.25) is 0 Å². The highest BCUT2D eigenvalue weighted by Crippen LogP contribution is 2.21. The van der Waals surface area contributed by atoms with Crippen molar-refractivity contribution in [2.45, 2.75) is 25.4 Å². The van der Waals surface area contributed by atoms with Gasteiger partial charge in [0.05, 0.1) is 12.2 Å². The van der Waals surface area contributed by atoms with Gasteiger partial charge in [0.2, 0.25) is 5.91 Å².